The number of fused-ring (bicyclic) bond motifs is 1. The molecule has 0 saturated heterocycles. The lowest BCUT2D eigenvalue weighted by atomic mass is 10.1. The molecule has 1 aromatic carbocycles. The van der Waals surface area contributed by atoms with E-state index in [0.29, 0.717) is 13.0 Å². The van der Waals surface area contributed by atoms with E-state index in [-0.39, 0.29) is 11.9 Å². The largest absolute Gasteiger partial charge is 0.366 e. The highest BCUT2D eigenvalue weighted by molar-refractivity contribution is 5.77. The number of rotatable bonds is 4. The van der Waals surface area contributed by atoms with Crippen molar-refractivity contribution in [2.75, 3.05) is 25.0 Å². The Hall–Kier alpha value is -1.55. The minimum absolute atomic E-state index is 0.0461. The van der Waals surface area contributed by atoms with E-state index in [1.165, 1.54) is 11.3 Å². The third-order valence-electron chi connectivity index (χ3n) is 3.34. The van der Waals surface area contributed by atoms with Crippen LogP contribution in [-0.2, 0) is 11.2 Å². The average Bonchev–Trinajstić information content (AvgIpc) is 2.79. The molecule has 0 fully saturated rings. The Morgan fingerprint density at radius 3 is 3.00 bits per heavy atom. The number of nitrogens with zero attached hydrogens (tertiary/aromatic N) is 1. The first kappa shape index (κ1) is 11.9. The van der Waals surface area contributed by atoms with E-state index >= 15 is 0 Å². The van der Waals surface area contributed by atoms with Crippen LogP contribution in [0, 0.1) is 0 Å². The quantitative estimate of drug-likeness (QED) is 0.797. The lowest BCUT2D eigenvalue weighted by molar-refractivity contribution is -0.120. The molecule has 4 heteroatoms. The molecule has 1 aromatic rings. The predicted octanol–water partition coefficient (Wildman–Crippen LogP) is 0.513. The summed E-state index contributed by atoms with van der Waals surface area (Å²) in [4.78, 5) is 13.7. The Bertz CT molecular complexity index is 405. The van der Waals surface area contributed by atoms with Gasteiger partial charge in [-0.05, 0) is 18.1 Å². The SMILES string of the molecule is CNC(=O)CC(CN)N1CCc2ccccc21. The zero-order valence-corrected chi connectivity index (χ0v) is 10.1. The summed E-state index contributed by atoms with van der Waals surface area (Å²) in [6.45, 7) is 1.46. The Kier molecular flexibility index (Phi) is 3.64. The summed E-state index contributed by atoms with van der Waals surface area (Å²) in [7, 11) is 1.66. The van der Waals surface area contributed by atoms with Gasteiger partial charge in [-0.15, -0.1) is 0 Å². The third-order valence-corrected chi connectivity index (χ3v) is 3.34. The second-order valence-corrected chi connectivity index (χ2v) is 4.34. The lowest BCUT2D eigenvalue weighted by Gasteiger charge is -2.28. The summed E-state index contributed by atoms with van der Waals surface area (Å²) >= 11 is 0. The molecule has 1 aliphatic heterocycles. The first-order valence-electron chi connectivity index (χ1n) is 6.01. The van der Waals surface area contributed by atoms with Crippen LogP contribution in [0.1, 0.15) is 12.0 Å². The van der Waals surface area contributed by atoms with Crippen molar-refractivity contribution in [1.82, 2.24) is 5.32 Å². The minimum atomic E-state index is 0.0461. The van der Waals surface area contributed by atoms with Crippen molar-refractivity contribution in [2.45, 2.75) is 18.9 Å². The van der Waals surface area contributed by atoms with Crippen LogP contribution in [0.4, 0.5) is 5.69 Å². The van der Waals surface area contributed by atoms with Crippen LogP contribution in [-0.4, -0.2) is 32.1 Å². The van der Waals surface area contributed by atoms with Gasteiger partial charge in [0.15, 0.2) is 0 Å². The van der Waals surface area contributed by atoms with Gasteiger partial charge >= 0.3 is 0 Å². The molecule has 4 nitrogen and oxygen atoms in total. The molecular formula is C13H19N3O. The molecule has 0 bridgehead atoms. The van der Waals surface area contributed by atoms with Crippen molar-refractivity contribution in [3.8, 4) is 0 Å². The topological polar surface area (TPSA) is 58.4 Å². The molecular weight excluding hydrogens is 214 g/mol. The fraction of sp³-hybridized carbons (Fsp3) is 0.462. The van der Waals surface area contributed by atoms with Gasteiger partial charge in [0, 0.05) is 38.3 Å². The fourth-order valence-corrected chi connectivity index (χ4v) is 2.38. The highest BCUT2D eigenvalue weighted by atomic mass is 16.1. The van der Waals surface area contributed by atoms with Gasteiger partial charge in [0.1, 0.15) is 0 Å². The van der Waals surface area contributed by atoms with E-state index in [9.17, 15) is 4.79 Å². The highest BCUT2D eigenvalue weighted by Gasteiger charge is 2.26. The van der Waals surface area contributed by atoms with Crippen LogP contribution in [0.25, 0.3) is 0 Å². The smallest absolute Gasteiger partial charge is 0.221 e. The summed E-state index contributed by atoms with van der Waals surface area (Å²) in [6, 6.07) is 8.43. The normalized spacial score (nSPS) is 15.5. The Labute approximate surface area is 102 Å². The number of carbonyl (C=O) groups is 1. The standard InChI is InChI=1S/C13H19N3O/c1-15-13(17)8-11(9-14)16-7-6-10-4-2-3-5-12(10)16/h2-5,11H,6-9,14H2,1H3,(H,15,17). The van der Waals surface area contributed by atoms with Gasteiger partial charge in [-0.25, -0.2) is 0 Å². The van der Waals surface area contributed by atoms with E-state index < -0.39 is 0 Å². The Morgan fingerprint density at radius 2 is 2.29 bits per heavy atom. The predicted molar refractivity (Wildman–Crippen MR) is 69.0 cm³/mol. The summed E-state index contributed by atoms with van der Waals surface area (Å²) in [5.74, 6) is 0.0461. The van der Waals surface area contributed by atoms with Crippen LogP contribution in [0.3, 0.4) is 0 Å². The maximum absolute atomic E-state index is 11.5. The molecule has 0 saturated carbocycles. The van der Waals surface area contributed by atoms with Gasteiger partial charge in [-0.1, -0.05) is 18.2 Å². The molecule has 0 aromatic heterocycles. The van der Waals surface area contributed by atoms with E-state index in [1.807, 2.05) is 6.07 Å². The van der Waals surface area contributed by atoms with Crippen molar-refractivity contribution in [3.05, 3.63) is 29.8 Å². The van der Waals surface area contributed by atoms with Gasteiger partial charge in [-0.2, -0.15) is 0 Å². The zero-order chi connectivity index (χ0) is 12.3. The molecule has 0 radical (unpaired) electrons. The van der Waals surface area contributed by atoms with Crippen molar-refractivity contribution in [2.24, 2.45) is 5.73 Å². The van der Waals surface area contributed by atoms with Crippen LogP contribution >= 0.6 is 0 Å². The first-order chi connectivity index (χ1) is 8.26. The van der Waals surface area contributed by atoms with Gasteiger partial charge in [0.05, 0.1) is 0 Å². The van der Waals surface area contributed by atoms with E-state index in [1.54, 1.807) is 7.05 Å². The van der Waals surface area contributed by atoms with Crippen molar-refractivity contribution < 1.29 is 4.79 Å². The number of nitrogens with two attached hydrogens (primary N) is 1. The number of carbonyl (C=O) groups excluding carboxylic acids is 1. The van der Waals surface area contributed by atoms with E-state index in [2.05, 4.69) is 28.4 Å². The molecule has 3 N–H and O–H groups in total. The molecule has 1 amide bonds. The van der Waals surface area contributed by atoms with Gasteiger partial charge in [0.25, 0.3) is 0 Å². The minimum Gasteiger partial charge on any atom is -0.366 e. The summed E-state index contributed by atoms with van der Waals surface area (Å²) in [5, 5.41) is 2.66. The van der Waals surface area contributed by atoms with E-state index in [0.717, 1.165) is 13.0 Å². The maximum atomic E-state index is 11.5. The second-order valence-electron chi connectivity index (χ2n) is 4.34. The van der Waals surface area contributed by atoms with Crippen LogP contribution < -0.4 is 16.0 Å². The maximum Gasteiger partial charge on any atom is 0.221 e. The molecule has 1 atom stereocenters. The molecule has 92 valence electrons. The summed E-state index contributed by atoms with van der Waals surface area (Å²) in [6.07, 6.45) is 1.50. The molecule has 1 unspecified atom stereocenters. The van der Waals surface area contributed by atoms with Gasteiger partial charge in [0.2, 0.25) is 5.91 Å². The number of hydrogen-bond acceptors (Lipinski definition) is 3. The van der Waals surface area contributed by atoms with E-state index in [4.69, 9.17) is 5.73 Å². The zero-order valence-electron chi connectivity index (χ0n) is 10.1. The first-order valence-corrected chi connectivity index (χ1v) is 6.01. The van der Waals surface area contributed by atoms with Crippen LogP contribution in [0.2, 0.25) is 0 Å². The summed E-state index contributed by atoms with van der Waals surface area (Å²) in [5.41, 5.74) is 8.37. The van der Waals surface area contributed by atoms with Crippen LogP contribution in [0.15, 0.2) is 24.3 Å². The van der Waals surface area contributed by atoms with Crippen molar-refractivity contribution >= 4 is 11.6 Å². The average molecular weight is 233 g/mol. The number of anilines is 1. The summed E-state index contributed by atoms with van der Waals surface area (Å²) < 4.78 is 0. The van der Waals surface area contributed by atoms with Crippen LogP contribution in [0.5, 0.6) is 0 Å². The Balaban J connectivity index is 2.14. The highest BCUT2D eigenvalue weighted by Crippen LogP contribution is 2.29. The lowest BCUT2D eigenvalue weighted by Crippen LogP contribution is -2.42. The Morgan fingerprint density at radius 1 is 1.53 bits per heavy atom. The number of amides is 1. The fourth-order valence-electron chi connectivity index (χ4n) is 2.38. The van der Waals surface area contributed by atoms with Gasteiger partial charge < -0.3 is 16.0 Å². The molecule has 0 spiro atoms. The number of para-hydroxylation sites is 1. The molecule has 1 heterocycles. The number of nitrogens with one attached hydrogen (secondary N) is 1. The van der Waals surface area contributed by atoms with Crippen molar-refractivity contribution in [3.63, 3.8) is 0 Å². The third kappa shape index (κ3) is 2.42. The van der Waals surface area contributed by atoms with Gasteiger partial charge in [-0.3, -0.25) is 4.79 Å². The number of benzene rings is 1. The number of hydrogen-bond donors (Lipinski definition) is 2. The molecule has 17 heavy (non-hydrogen) atoms. The monoisotopic (exact) mass is 233 g/mol. The van der Waals surface area contributed by atoms with Crippen molar-refractivity contribution in [1.29, 1.82) is 0 Å². The molecule has 1 aliphatic rings. The molecule has 2 rings (SSSR count). The second kappa shape index (κ2) is 5.19. The molecule has 0 aliphatic carbocycles.